The number of ether oxygens (including phenoxy) is 1. The van der Waals surface area contributed by atoms with Crippen LogP contribution in [0, 0.1) is 12.8 Å². The number of likely N-dealkylation sites (tertiary alicyclic amines) is 1. The Hall–Kier alpha value is -1.92. The first-order valence-electron chi connectivity index (χ1n) is 13.8. The Kier molecular flexibility index (Phi) is 9.33. The number of aliphatic hydroxyl groups is 2. The van der Waals surface area contributed by atoms with Crippen LogP contribution in [-0.2, 0) is 21.6 Å². The molecule has 1 aliphatic heterocycles. The maximum absolute atomic E-state index is 13.4. The van der Waals surface area contributed by atoms with Crippen molar-refractivity contribution in [3.05, 3.63) is 69.7 Å². The number of halogens is 1. The molecule has 1 unspecified atom stereocenters. The minimum atomic E-state index is -1.25. The first-order chi connectivity index (χ1) is 17.8. The highest BCUT2D eigenvalue weighted by Gasteiger charge is 2.46. The van der Waals surface area contributed by atoms with Crippen molar-refractivity contribution in [3.8, 4) is 0 Å². The molecule has 0 aromatic heterocycles. The summed E-state index contributed by atoms with van der Waals surface area (Å²) in [5, 5.41) is 24.2. The summed E-state index contributed by atoms with van der Waals surface area (Å²) in [5.41, 5.74) is 1.79. The Morgan fingerprint density at radius 3 is 2.62 bits per heavy atom. The van der Waals surface area contributed by atoms with Gasteiger partial charge in [0.25, 0.3) is 5.91 Å². The molecule has 1 amide bonds. The van der Waals surface area contributed by atoms with Crippen molar-refractivity contribution in [2.75, 3.05) is 26.8 Å². The normalized spacial score (nSPS) is 21.1. The fourth-order valence-electron chi connectivity index (χ4n) is 6.36. The summed E-state index contributed by atoms with van der Waals surface area (Å²) < 4.78 is 5.28. The summed E-state index contributed by atoms with van der Waals surface area (Å²) in [4.78, 5) is 15.2. The van der Waals surface area contributed by atoms with E-state index in [4.69, 9.17) is 16.3 Å². The van der Waals surface area contributed by atoms with E-state index in [1.807, 2.05) is 35.2 Å². The largest absolute Gasteiger partial charge is 0.385 e. The van der Waals surface area contributed by atoms with Gasteiger partial charge < -0.3 is 19.8 Å². The molecule has 0 spiro atoms. The third-order valence-electron chi connectivity index (χ3n) is 8.58. The summed E-state index contributed by atoms with van der Waals surface area (Å²) in [5.74, 6) is -0.311. The van der Waals surface area contributed by atoms with Crippen molar-refractivity contribution in [2.45, 2.75) is 82.3 Å². The van der Waals surface area contributed by atoms with Gasteiger partial charge in [-0.25, -0.2) is 0 Å². The van der Waals surface area contributed by atoms with Crippen LogP contribution >= 0.6 is 11.6 Å². The Morgan fingerprint density at radius 2 is 1.89 bits per heavy atom. The summed E-state index contributed by atoms with van der Waals surface area (Å²) in [6, 6.07) is 14.1. The van der Waals surface area contributed by atoms with Crippen molar-refractivity contribution < 1.29 is 19.7 Å². The predicted molar refractivity (Wildman–Crippen MR) is 148 cm³/mol. The second-order valence-corrected chi connectivity index (χ2v) is 11.5. The molecule has 2 N–H and O–H groups in total. The average molecular weight is 528 g/mol. The number of amides is 1. The smallest absolute Gasteiger partial charge is 0.254 e. The zero-order chi connectivity index (χ0) is 26.5. The van der Waals surface area contributed by atoms with E-state index in [-0.39, 0.29) is 11.8 Å². The molecule has 1 aliphatic carbocycles. The van der Waals surface area contributed by atoms with Gasteiger partial charge in [0.15, 0.2) is 0 Å². The van der Waals surface area contributed by atoms with Gasteiger partial charge in [0, 0.05) is 37.7 Å². The lowest BCUT2D eigenvalue weighted by Crippen LogP contribution is -2.54. The first kappa shape index (κ1) is 28.1. The van der Waals surface area contributed by atoms with Gasteiger partial charge in [0.2, 0.25) is 0 Å². The van der Waals surface area contributed by atoms with E-state index in [2.05, 4.69) is 19.1 Å². The van der Waals surface area contributed by atoms with Crippen LogP contribution in [-0.4, -0.2) is 53.4 Å². The molecule has 2 aliphatic rings. The fourth-order valence-corrected chi connectivity index (χ4v) is 6.60. The highest BCUT2D eigenvalue weighted by Crippen LogP contribution is 2.44. The number of benzene rings is 2. The van der Waals surface area contributed by atoms with E-state index in [0.29, 0.717) is 50.4 Å². The van der Waals surface area contributed by atoms with Crippen LogP contribution in [0.1, 0.15) is 80.0 Å². The van der Waals surface area contributed by atoms with Crippen molar-refractivity contribution in [3.63, 3.8) is 0 Å². The maximum atomic E-state index is 13.4. The average Bonchev–Trinajstić information content (AvgIpc) is 3.36. The van der Waals surface area contributed by atoms with Crippen LogP contribution in [0.4, 0.5) is 0 Å². The molecule has 37 heavy (non-hydrogen) atoms. The SMILES string of the molecule is COCCCCC(O)(c1cccc(Cl)c1Cc1ccccc1C)[C@@H]1CCCN(C(=O)C2(O)CCCC2)C1. The molecule has 4 rings (SSSR count). The molecule has 0 radical (unpaired) electrons. The summed E-state index contributed by atoms with van der Waals surface area (Å²) in [6.07, 6.45) is 7.30. The van der Waals surface area contributed by atoms with E-state index >= 15 is 0 Å². The zero-order valence-electron chi connectivity index (χ0n) is 22.3. The number of piperidine rings is 1. The second-order valence-electron chi connectivity index (χ2n) is 11.1. The third kappa shape index (κ3) is 6.22. The number of hydrogen-bond acceptors (Lipinski definition) is 4. The Morgan fingerprint density at radius 1 is 1.14 bits per heavy atom. The van der Waals surface area contributed by atoms with Gasteiger partial charge in [-0.3, -0.25) is 4.79 Å². The fraction of sp³-hybridized carbons (Fsp3) is 0.581. The van der Waals surface area contributed by atoms with E-state index in [9.17, 15) is 15.0 Å². The molecule has 1 saturated heterocycles. The molecule has 2 aromatic carbocycles. The number of rotatable bonds is 10. The van der Waals surface area contributed by atoms with Crippen molar-refractivity contribution in [2.24, 2.45) is 5.92 Å². The highest BCUT2D eigenvalue weighted by atomic mass is 35.5. The molecule has 2 aromatic rings. The summed E-state index contributed by atoms with van der Waals surface area (Å²) >= 11 is 6.82. The van der Waals surface area contributed by atoms with Crippen molar-refractivity contribution in [1.29, 1.82) is 0 Å². The summed E-state index contributed by atoms with van der Waals surface area (Å²) in [7, 11) is 1.70. The number of methoxy groups -OCH3 is 1. The van der Waals surface area contributed by atoms with Gasteiger partial charge >= 0.3 is 0 Å². The van der Waals surface area contributed by atoms with Gasteiger partial charge in [0.1, 0.15) is 5.60 Å². The molecule has 1 heterocycles. The topological polar surface area (TPSA) is 70.0 Å². The quantitative estimate of drug-likeness (QED) is 0.384. The van der Waals surface area contributed by atoms with E-state index in [1.165, 1.54) is 11.1 Å². The van der Waals surface area contributed by atoms with E-state index in [0.717, 1.165) is 49.7 Å². The zero-order valence-corrected chi connectivity index (χ0v) is 23.1. The van der Waals surface area contributed by atoms with E-state index in [1.54, 1.807) is 7.11 Å². The number of carbonyl (C=O) groups excluding carboxylic acids is 1. The first-order valence-corrected chi connectivity index (χ1v) is 14.2. The van der Waals surface area contributed by atoms with Crippen molar-refractivity contribution >= 4 is 17.5 Å². The number of hydrogen-bond donors (Lipinski definition) is 2. The van der Waals surface area contributed by atoms with Crippen LogP contribution < -0.4 is 0 Å². The van der Waals surface area contributed by atoms with Crippen molar-refractivity contribution in [1.82, 2.24) is 4.90 Å². The van der Waals surface area contributed by atoms with Crippen LogP contribution in [0.3, 0.4) is 0 Å². The van der Waals surface area contributed by atoms with Crippen LogP contribution in [0.2, 0.25) is 5.02 Å². The molecule has 2 atom stereocenters. The minimum absolute atomic E-state index is 0.146. The van der Waals surface area contributed by atoms with Gasteiger partial charge in [-0.1, -0.05) is 48.0 Å². The molecule has 2 fully saturated rings. The number of carbonyl (C=O) groups is 1. The van der Waals surface area contributed by atoms with Gasteiger partial charge in [0.05, 0.1) is 5.60 Å². The lowest BCUT2D eigenvalue weighted by atomic mass is 9.72. The predicted octanol–water partition coefficient (Wildman–Crippen LogP) is 5.79. The second kappa shape index (κ2) is 12.3. The van der Waals surface area contributed by atoms with Gasteiger partial charge in [-0.05, 0) is 99.5 Å². The minimum Gasteiger partial charge on any atom is -0.385 e. The van der Waals surface area contributed by atoms with E-state index < -0.39 is 11.2 Å². The molecular weight excluding hydrogens is 486 g/mol. The van der Waals surface area contributed by atoms with Gasteiger partial charge in [-0.2, -0.15) is 0 Å². The highest BCUT2D eigenvalue weighted by molar-refractivity contribution is 6.31. The number of unbranched alkanes of at least 4 members (excludes halogenated alkanes) is 1. The maximum Gasteiger partial charge on any atom is 0.254 e. The summed E-state index contributed by atoms with van der Waals surface area (Å²) in [6.45, 7) is 3.81. The molecule has 0 bridgehead atoms. The van der Waals surface area contributed by atoms with Crippen LogP contribution in [0.15, 0.2) is 42.5 Å². The Balaban J connectivity index is 1.68. The monoisotopic (exact) mass is 527 g/mol. The Bertz CT molecular complexity index is 1070. The molecular formula is C31H42ClNO4. The molecule has 202 valence electrons. The van der Waals surface area contributed by atoms with Crippen LogP contribution in [0.25, 0.3) is 0 Å². The Labute approximate surface area is 226 Å². The number of aryl methyl sites for hydroxylation is 1. The lowest BCUT2D eigenvalue weighted by Gasteiger charge is -2.45. The molecule has 1 saturated carbocycles. The van der Waals surface area contributed by atoms with Gasteiger partial charge in [-0.15, -0.1) is 0 Å². The number of nitrogens with zero attached hydrogens (tertiary/aromatic N) is 1. The molecule has 6 heteroatoms. The molecule has 5 nitrogen and oxygen atoms in total. The lowest BCUT2D eigenvalue weighted by molar-refractivity contribution is -0.155. The van der Waals surface area contributed by atoms with Crippen LogP contribution in [0.5, 0.6) is 0 Å². The standard InChI is InChI=1S/C31H42ClNO4/c1-23-11-3-4-12-24(23)21-26-27(14-9-15-28(26)32)31(36,18-7-8-20-37-2)25-13-10-19-33(22-25)29(34)30(35)16-5-6-17-30/h3-4,9,11-12,14-15,25,35-36H,5-8,10,13,16-22H2,1-2H3/t25-,31?/m1/s1. The third-order valence-corrected chi connectivity index (χ3v) is 8.94.